The van der Waals surface area contributed by atoms with Crippen molar-refractivity contribution in [1.29, 1.82) is 0 Å². The largest absolute Gasteiger partial charge is 0.306 e. The average Bonchev–Trinajstić information content (AvgIpc) is 2.94. The first-order chi connectivity index (χ1) is 11.6. The van der Waals surface area contributed by atoms with E-state index in [4.69, 9.17) is 11.6 Å². The molecule has 1 aliphatic rings. The molecule has 1 aromatic carbocycles. The Morgan fingerprint density at radius 2 is 1.96 bits per heavy atom. The monoisotopic (exact) mass is 362 g/mol. The Kier molecular flexibility index (Phi) is 5.55. The van der Waals surface area contributed by atoms with E-state index in [9.17, 15) is 0 Å². The summed E-state index contributed by atoms with van der Waals surface area (Å²) < 4.78 is 0. The number of nitrogens with one attached hydrogen (secondary N) is 1. The number of likely N-dealkylation sites (tertiary alicyclic amines) is 1. The SMILES string of the molecule is Cc1nc(NN=C2CCN(C)CC2)sc1N=Nc1ccccc1Cl. The van der Waals surface area contributed by atoms with Crippen LogP contribution in [0, 0.1) is 6.92 Å². The Labute approximate surface area is 150 Å². The van der Waals surface area contributed by atoms with E-state index < -0.39 is 0 Å². The van der Waals surface area contributed by atoms with E-state index in [0.29, 0.717) is 10.7 Å². The van der Waals surface area contributed by atoms with Gasteiger partial charge in [-0.2, -0.15) is 5.10 Å². The van der Waals surface area contributed by atoms with Crippen LogP contribution in [0.2, 0.25) is 5.02 Å². The fourth-order valence-corrected chi connectivity index (χ4v) is 3.18. The Hall–Kier alpha value is -1.83. The van der Waals surface area contributed by atoms with Crippen molar-refractivity contribution in [1.82, 2.24) is 9.88 Å². The number of hydrogen-bond acceptors (Lipinski definition) is 7. The molecule has 24 heavy (non-hydrogen) atoms. The van der Waals surface area contributed by atoms with Crippen LogP contribution in [0.15, 0.2) is 39.6 Å². The molecule has 3 rings (SSSR count). The first-order valence-corrected chi connectivity index (χ1v) is 8.95. The molecule has 0 unspecified atom stereocenters. The molecule has 8 heteroatoms. The predicted molar refractivity (Wildman–Crippen MR) is 100 cm³/mol. The Morgan fingerprint density at radius 3 is 2.71 bits per heavy atom. The van der Waals surface area contributed by atoms with Crippen molar-refractivity contribution >= 4 is 44.5 Å². The lowest BCUT2D eigenvalue weighted by Crippen LogP contribution is -2.30. The number of nitrogens with zero attached hydrogens (tertiary/aromatic N) is 5. The lowest BCUT2D eigenvalue weighted by molar-refractivity contribution is 0.336. The number of anilines is 1. The van der Waals surface area contributed by atoms with Gasteiger partial charge in [0, 0.05) is 31.6 Å². The van der Waals surface area contributed by atoms with Gasteiger partial charge in [-0.15, -0.1) is 10.2 Å². The maximum absolute atomic E-state index is 6.08. The van der Waals surface area contributed by atoms with E-state index in [1.54, 1.807) is 6.07 Å². The highest BCUT2D eigenvalue weighted by Crippen LogP contribution is 2.33. The van der Waals surface area contributed by atoms with Crippen molar-refractivity contribution in [3.63, 3.8) is 0 Å². The number of hydrazone groups is 1. The van der Waals surface area contributed by atoms with Crippen LogP contribution in [0.4, 0.5) is 15.8 Å². The molecular formula is C16H19ClN6S. The fraction of sp³-hybridized carbons (Fsp3) is 0.375. The number of aryl methyl sites for hydroxylation is 1. The number of rotatable bonds is 4. The highest BCUT2D eigenvalue weighted by molar-refractivity contribution is 7.19. The highest BCUT2D eigenvalue weighted by atomic mass is 35.5. The van der Waals surface area contributed by atoms with E-state index in [-0.39, 0.29) is 0 Å². The van der Waals surface area contributed by atoms with Crippen LogP contribution in [-0.2, 0) is 0 Å². The molecule has 2 aromatic rings. The summed E-state index contributed by atoms with van der Waals surface area (Å²) in [5.74, 6) is 0. The third-order valence-corrected chi connectivity index (χ3v) is 5.01. The third-order valence-electron chi connectivity index (χ3n) is 3.75. The molecule has 1 saturated heterocycles. The second kappa shape index (κ2) is 7.83. The molecule has 1 fully saturated rings. The second-order valence-electron chi connectivity index (χ2n) is 5.65. The van der Waals surface area contributed by atoms with Crippen molar-refractivity contribution < 1.29 is 0 Å². The van der Waals surface area contributed by atoms with Crippen molar-refractivity contribution in [2.45, 2.75) is 19.8 Å². The lowest BCUT2D eigenvalue weighted by atomic mass is 10.1. The molecule has 0 radical (unpaired) electrons. The maximum atomic E-state index is 6.08. The van der Waals surface area contributed by atoms with E-state index in [1.165, 1.54) is 17.0 Å². The van der Waals surface area contributed by atoms with Crippen LogP contribution in [-0.4, -0.2) is 35.7 Å². The fourth-order valence-electron chi connectivity index (χ4n) is 2.28. The minimum Gasteiger partial charge on any atom is -0.306 e. The summed E-state index contributed by atoms with van der Waals surface area (Å²) in [5, 5.41) is 15.0. The predicted octanol–water partition coefficient (Wildman–Crippen LogP) is 5.01. The minimum absolute atomic E-state index is 0.579. The average molecular weight is 363 g/mol. The van der Waals surface area contributed by atoms with Crippen LogP contribution in [0.5, 0.6) is 0 Å². The quantitative estimate of drug-likeness (QED) is 0.613. The van der Waals surface area contributed by atoms with Crippen molar-refractivity contribution in [2.24, 2.45) is 15.3 Å². The van der Waals surface area contributed by atoms with Gasteiger partial charge in [-0.1, -0.05) is 35.1 Å². The van der Waals surface area contributed by atoms with Crippen LogP contribution >= 0.6 is 22.9 Å². The van der Waals surface area contributed by atoms with Gasteiger partial charge in [0.15, 0.2) is 5.00 Å². The first-order valence-electron chi connectivity index (χ1n) is 7.75. The van der Waals surface area contributed by atoms with Crippen molar-refractivity contribution in [3.05, 3.63) is 35.0 Å². The van der Waals surface area contributed by atoms with Gasteiger partial charge in [0.25, 0.3) is 0 Å². The van der Waals surface area contributed by atoms with E-state index in [0.717, 1.165) is 41.8 Å². The molecule has 1 aliphatic heterocycles. The summed E-state index contributed by atoms with van der Waals surface area (Å²) >= 11 is 7.51. The Bertz CT molecular complexity index is 760. The zero-order valence-electron chi connectivity index (χ0n) is 13.7. The Morgan fingerprint density at radius 1 is 1.21 bits per heavy atom. The summed E-state index contributed by atoms with van der Waals surface area (Å²) in [7, 11) is 2.13. The van der Waals surface area contributed by atoms with E-state index >= 15 is 0 Å². The molecule has 0 bridgehead atoms. The summed E-state index contributed by atoms with van der Waals surface area (Å²) in [6, 6.07) is 7.36. The zero-order chi connectivity index (χ0) is 16.9. The first kappa shape index (κ1) is 17.0. The highest BCUT2D eigenvalue weighted by Gasteiger charge is 2.12. The number of azo groups is 1. The molecule has 0 aliphatic carbocycles. The molecule has 0 spiro atoms. The lowest BCUT2D eigenvalue weighted by Gasteiger charge is -2.22. The minimum atomic E-state index is 0.579. The van der Waals surface area contributed by atoms with Crippen LogP contribution in [0.3, 0.4) is 0 Å². The molecule has 1 N–H and O–H groups in total. The topological polar surface area (TPSA) is 65.2 Å². The summed E-state index contributed by atoms with van der Waals surface area (Å²) in [5.41, 5.74) is 5.70. The van der Waals surface area contributed by atoms with Crippen LogP contribution in [0.1, 0.15) is 18.5 Å². The van der Waals surface area contributed by atoms with Gasteiger partial charge >= 0.3 is 0 Å². The van der Waals surface area contributed by atoms with Gasteiger partial charge in [0.1, 0.15) is 5.69 Å². The maximum Gasteiger partial charge on any atom is 0.205 e. The third kappa shape index (κ3) is 4.37. The number of halogens is 1. The number of piperidine rings is 1. The van der Waals surface area contributed by atoms with Crippen LogP contribution in [0.25, 0.3) is 0 Å². The van der Waals surface area contributed by atoms with Gasteiger partial charge in [0.2, 0.25) is 5.13 Å². The number of thiazole rings is 1. The number of aromatic nitrogens is 1. The van der Waals surface area contributed by atoms with Gasteiger partial charge in [0.05, 0.1) is 10.7 Å². The van der Waals surface area contributed by atoms with E-state index in [1.807, 2.05) is 25.1 Å². The van der Waals surface area contributed by atoms with Crippen molar-refractivity contribution in [3.8, 4) is 0 Å². The summed E-state index contributed by atoms with van der Waals surface area (Å²) in [6.45, 7) is 4.01. The number of hydrogen-bond donors (Lipinski definition) is 1. The second-order valence-corrected chi connectivity index (χ2v) is 7.04. The molecule has 126 valence electrons. The van der Waals surface area contributed by atoms with Gasteiger partial charge in [-0.25, -0.2) is 4.98 Å². The Balaban J connectivity index is 1.67. The standard InChI is InChI=1S/C16H19ClN6S/c1-11-15(21-20-14-6-4-3-5-13(14)17)24-16(18-11)22-19-12-7-9-23(2)10-8-12/h3-6H,7-10H2,1-2H3,(H,18,22). The molecular weight excluding hydrogens is 344 g/mol. The molecule has 6 nitrogen and oxygen atoms in total. The molecule has 2 heterocycles. The summed E-state index contributed by atoms with van der Waals surface area (Å²) in [6.07, 6.45) is 1.99. The molecule has 1 aromatic heterocycles. The zero-order valence-corrected chi connectivity index (χ0v) is 15.2. The molecule has 0 atom stereocenters. The smallest absolute Gasteiger partial charge is 0.205 e. The van der Waals surface area contributed by atoms with Crippen LogP contribution < -0.4 is 5.43 Å². The summed E-state index contributed by atoms with van der Waals surface area (Å²) in [4.78, 5) is 6.75. The normalized spacial score (nSPS) is 15.9. The van der Waals surface area contributed by atoms with Gasteiger partial charge < -0.3 is 4.90 Å². The van der Waals surface area contributed by atoms with Crippen molar-refractivity contribution in [2.75, 3.05) is 25.6 Å². The van der Waals surface area contributed by atoms with Gasteiger partial charge in [-0.3, -0.25) is 5.43 Å². The molecule has 0 amide bonds. The van der Waals surface area contributed by atoms with Gasteiger partial charge in [-0.05, 0) is 26.1 Å². The molecule has 0 saturated carbocycles. The van der Waals surface area contributed by atoms with E-state index in [2.05, 4.69) is 37.7 Å². The number of benzene rings is 1.